The number of nitrogens with zero attached hydrogens (tertiary/aromatic N) is 2. The molecule has 2 aromatic rings. The zero-order chi connectivity index (χ0) is 15.2. The molecule has 0 saturated heterocycles. The molecule has 21 heavy (non-hydrogen) atoms. The second-order valence-electron chi connectivity index (χ2n) is 4.25. The molecule has 1 heterocycles. The smallest absolute Gasteiger partial charge is 0.327 e. The largest absolute Gasteiger partial charge is 0.497 e. The quantitative estimate of drug-likeness (QED) is 0.779. The van der Waals surface area contributed by atoms with Crippen molar-refractivity contribution in [2.75, 3.05) is 13.7 Å². The number of hydrogen-bond acceptors (Lipinski definition) is 5. The Balaban J connectivity index is 2.33. The van der Waals surface area contributed by atoms with Crippen LogP contribution < -0.4 is 10.3 Å². The van der Waals surface area contributed by atoms with E-state index in [1.807, 2.05) is 24.3 Å². The molecule has 0 aliphatic rings. The fraction of sp³-hybridized carbons (Fsp3) is 0.267. The summed E-state index contributed by atoms with van der Waals surface area (Å²) in [6, 6.07) is 10.3. The van der Waals surface area contributed by atoms with Gasteiger partial charge in [-0.05, 0) is 25.1 Å². The third-order valence-electron chi connectivity index (χ3n) is 2.82. The molecule has 0 saturated carbocycles. The van der Waals surface area contributed by atoms with Crippen LogP contribution in [0, 0.1) is 0 Å². The van der Waals surface area contributed by atoms with Gasteiger partial charge < -0.3 is 9.47 Å². The number of carbonyl (C=O) groups excluding carboxylic acids is 1. The molecule has 0 bridgehead atoms. The highest BCUT2D eigenvalue weighted by Gasteiger charge is 2.09. The number of esters is 1. The fourth-order valence-corrected chi connectivity index (χ4v) is 1.83. The molecular weight excluding hydrogens is 272 g/mol. The maximum absolute atomic E-state index is 11.7. The van der Waals surface area contributed by atoms with E-state index in [9.17, 15) is 9.59 Å². The Bertz CT molecular complexity index is 694. The van der Waals surface area contributed by atoms with Gasteiger partial charge in [-0.1, -0.05) is 12.1 Å². The molecule has 0 aliphatic heterocycles. The first-order valence-electron chi connectivity index (χ1n) is 6.52. The van der Waals surface area contributed by atoms with Crippen molar-refractivity contribution in [3.63, 3.8) is 0 Å². The lowest BCUT2D eigenvalue weighted by atomic mass is 10.1. The van der Waals surface area contributed by atoms with Gasteiger partial charge in [0.15, 0.2) is 0 Å². The molecule has 0 aliphatic carbocycles. The second kappa shape index (κ2) is 6.69. The summed E-state index contributed by atoms with van der Waals surface area (Å²) in [5.41, 5.74) is 1.03. The average molecular weight is 288 g/mol. The first-order valence-corrected chi connectivity index (χ1v) is 6.52. The van der Waals surface area contributed by atoms with Crippen LogP contribution in [0.4, 0.5) is 0 Å². The van der Waals surface area contributed by atoms with Gasteiger partial charge in [-0.25, -0.2) is 4.68 Å². The Morgan fingerprint density at radius 3 is 2.81 bits per heavy atom. The monoisotopic (exact) mass is 288 g/mol. The fourth-order valence-electron chi connectivity index (χ4n) is 1.83. The minimum Gasteiger partial charge on any atom is -0.497 e. The number of rotatable bonds is 5. The van der Waals surface area contributed by atoms with Gasteiger partial charge in [0.05, 0.1) is 19.4 Å². The van der Waals surface area contributed by atoms with Gasteiger partial charge in [0.25, 0.3) is 5.56 Å². The lowest BCUT2D eigenvalue weighted by Gasteiger charge is -2.07. The van der Waals surface area contributed by atoms with Crippen molar-refractivity contribution in [1.82, 2.24) is 9.78 Å². The van der Waals surface area contributed by atoms with Crippen molar-refractivity contribution in [3.05, 3.63) is 46.8 Å². The molecule has 2 rings (SSSR count). The SMILES string of the molecule is CCOC(=O)Cn1nc(-c2cccc(OC)c2)ccc1=O. The Morgan fingerprint density at radius 2 is 2.10 bits per heavy atom. The minimum absolute atomic E-state index is 0.204. The molecule has 0 N–H and O–H groups in total. The molecule has 0 spiro atoms. The topological polar surface area (TPSA) is 70.4 Å². The maximum Gasteiger partial charge on any atom is 0.327 e. The van der Waals surface area contributed by atoms with E-state index in [1.54, 1.807) is 20.1 Å². The minimum atomic E-state index is -0.491. The van der Waals surface area contributed by atoms with Gasteiger partial charge in [-0.15, -0.1) is 0 Å². The summed E-state index contributed by atoms with van der Waals surface area (Å²) in [4.78, 5) is 23.2. The molecule has 1 aromatic carbocycles. The van der Waals surface area contributed by atoms with Crippen LogP contribution in [0.2, 0.25) is 0 Å². The second-order valence-corrected chi connectivity index (χ2v) is 4.25. The summed E-state index contributed by atoms with van der Waals surface area (Å²) in [7, 11) is 1.58. The van der Waals surface area contributed by atoms with Crippen molar-refractivity contribution >= 4 is 5.97 Å². The molecule has 110 valence electrons. The van der Waals surface area contributed by atoms with E-state index in [0.29, 0.717) is 11.4 Å². The van der Waals surface area contributed by atoms with Crippen molar-refractivity contribution < 1.29 is 14.3 Å². The summed E-state index contributed by atoms with van der Waals surface area (Å²) >= 11 is 0. The highest BCUT2D eigenvalue weighted by Crippen LogP contribution is 2.20. The predicted molar refractivity (Wildman–Crippen MR) is 77.1 cm³/mol. The van der Waals surface area contributed by atoms with Crippen molar-refractivity contribution in [2.45, 2.75) is 13.5 Å². The third-order valence-corrected chi connectivity index (χ3v) is 2.82. The highest BCUT2D eigenvalue weighted by atomic mass is 16.5. The molecular formula is C15H16N2O4. The van der Waals surface area contributed by atoms with E-state index in [-0.39, 0.29) is 18.7 Å². The molecule has 1 aromatic heterocycles. The number of aromatic nitrogens is 2. The lowest BCUT2D eigenvalue weighted by Crippen LogP contribution is -2.27. The Kier molecular flexibility index (Phi) is 4.71. The van der Waals surface area contributed by atoms with Crippen LogP contribution in [0.5, 0.6) is 5.75 Å². The number of hydrogen-bond donors (Lipinski definition) is 0. The van der Waals surface area contributed by atoms with Gasteiger partial charge in [0.1, 0.15) is 12.3 Å². The van der Waals surface area contributed by atoms with Gasteiger partial charge in [0, 0.05) is 11.6 Å². The molecule has 6 heteroatoms. The lowest BCUT2D eigenvalue weighted by molar-refractivity contribution is -0.144. The summed E-state index contributed by atoms with van der Waals surface area (Å²) in [6.07, 6.45) is 0. The van der Waals surface area contributed by atoms with Crippen LogP contribution in [-0.2, 0) is 16.1 Å². The van der Waals surface area contributed by atoms with Gasteiger partial charge in [-0.2, -0.15) is 5.10 Å². The zero-order valence-corrected chi connectivity index (χ0v) is 11.9. The molecule has 6 nitrogen and oxygen atoms in total. The standard InChI is InChI=1S/C15H16N2O4/c1-3-21-15(19)10-17-14(18)8-7-13(16-17)11-5-4-6-12(9-11)20-2/h4-9H,3,10H2,1-2H3. The Hall–Kier alpha value is -2.63. The summed E-state index contributed by atoms with van der Waals surface area (Å²) < 4.78 is 11.1. The molecule has 0 amide bonds. The maximum atomic E-state index is 11.7. The Labute approximate surface area is 121 Å². The van der Waals surface area contributed by atoms with E-state index in [2.05, 4.69) is 5.10 Å². The first-order chi connectivity index (χ1) is 10.1. The van der Waals surface area contributed by atoms with E-state index in [1.165, 1.54) is 6.07 Å². The summed E-state index contributed by atoms with van der Waals surface area (Å²) in [5, 5.41) is 4.19. The van der Waals surface area contributed by atoms with Crippen molar-refractivity contribution in [2.24, 2.45) is 0 Å². The molecule has 0 atom stereocenters. The number of carbonyl (C=O) groups is 1. The third kappa shape index (κ3) is 3.68. The molecule has 0 unspecified atom stereocenters. The first kappa shape index (κ1) is 14.8. The van der Waals surface area contributed by atoms with Gasteiger partial charge in [0.2, 0.25) is 0 Å². The normalized spacial score (nSPS) is 10.2. The Morgan fingerprint density at radius 1 is 1.29 bits per heavy atom. The average Bonchev–Trinajstić information content (AvgIpc) is 2.50. The van der Waals surface area contributed by atoms with Crippen LogP contribution in [0.15, 0.2) is 41.2 Å². The zero-order valence-electron chi connectivity index (χ0n) is 11.9. The van der Waals surface area contributed by atoms with Crippen molar-refractivity contribution in [3.8, 4) is 17.0 Å². The van der Waals surface area contributed by atoms with Crippen molar-refractivity contribution in [1.29, 1.82) is 0 Å². The van der Waals surface area contributed by atoms with Crippen LogP contribution in [0.3, 0.4) is 0 Å². The van der Waals surface area contributed by atoms with Crippen LogP contribution in [0.1, 0.15) is 6.92 Å². The van der Waals surface area contributed by atoms with Gasteiger partial charge >= 0.3 is 5.97 Å². The van der Waals surface area contributed by atoms with E-state index >= 15 is 0 Å². The highest BCUT2D eigenvalue weighted by molar-refractivity contribution is 5.69. The van der Waals surface area contributed by atoms with Crippen LogP contribution in [0.25, 0.3) is 11.3 Å². The van der Waals surface area contributed by atoms with E-state index < -0.39 is 5.97 Å². The summed E-state index contributed by atoms with van der Waals surface area (Å²) in [5.74, 6) is 0.201. The predicted octanol–water partition coefficient (Wildman–Crippen LogP) is 1.48. The van der Waals surface area contributed by atoms with Crippen LogP contribution in [-0.4, -0.2) is 29.5 Å². The molecule has 0 radical (unpaired) electrons. The number of ether oxygens (including phenoxy) is 2. The van der Waals surface area contributed by atoms with E-state index in [0.717, 1.165) is 10.2 Å². The number of methoxy groups -OCH3 is 1. The number of benzene rings is 1. The summed E-state index contributed by atoms with van der Waals surface area (Å²) in [6.45, 7) is 1.77. The van der Waals surface area contributed by atoms with E-state index in [4.69, 9.17) is 9.47 Å². The molecule has 0 fully saturated rings. The van der Waals surface area contributed by atoms with Crippen LogP contribution >= 0.6 is 0 Å². The van der Waals surface area contributed by atoms with Gasteiger partial charge in [-0.3, -0.25) is 9.59 Å².